The summed E-state index contributed by atoms with van der Waals surface area (Å²) < 4.78 is 32.2. The average molecular weight is 459 g/mol. The van der Waals surface area contributed by atoms with Gasteiger partial charge in [-0.2, -0.15) is 19.3 Å². The Kier molecular flexibility index (Phi) is 7.44. The van der Waals surface area contributed by atoms with Crippen molar-refractivity contribution in [3.63, 3.8) is 0 Å². The molecule has 3 rings (SSSR count). The fourth-order valence-electron chi connectivity index (χ4n) is 3.10. The number of nitrogens with zero attached hydrogens (tertiary/aromatic N) is 4. The molecule has 0 bridgehead atoms. The molecule has 0 saturated carbocycles. The molecule has 0 radical (unpaired) electrons. The summed E-state index contributed by atoms with van der Waals surface area (Å²) >= 11 is 0. The summed E-state index contributed by atoms with van der Waals surface area (Å²) in [5.74, 6) is 0.0198. The highest BCUT2D eigenvalue weighted by atomic mass is 32.2. The third kappa shape index (κ3) is 5.24. The number of nitrogens with one attached hydrogen (secondary N) is 2. The highest BCUT2D eigenvalue weighted by Crippen LogP contribution is 2.29. The molecule has 11 heteroatoms. The number of carbonyl (C=O) groups is 1. The van der Waals surface area contributed by atoms with Crippen LogP contribution in [0.4, 0.5) is 11.4 Å². The number of rotatable bonds is 10. The van der Waals surface area contributed by atoms with Crippen molar-refractivity contribution in [3.05, 3.63) is 54.9 Å². The van der Waals surface area contributed by atoms with Crippen LogP contribution in [0.1, 0.15) is 13.8 Å². The zero-order valence-electron chi connectivity index (χ0n) is 18.1. The molecule has 3 aromatic rings. The minimum absolute atomic E-state index is 0.0183. The number of hydrogen-bond donors (Lipinski definition) is 2. The lowest BCUT2D eigenvalue weighted by Gasteiger charge is -2.19. The van der Waals surface area contributed by atoms with E-state index in [-0.39, 0.29) is 23.0 Å². The van der Waals surface area contributed by atoms with E-state index in [2.05, 4.69) is 20.8 Å². The third-order valence-corrected chi connectivity index (χ3v) is 6.80. The molecule has 0 saturated heterocycles. The minimum Gasteiger partial charge on any atom is -0.495 e. The average Bonchev–Trinajstić information content (AvgIpc) is 3.33. The van der Waals surface area contributed by atoms with E-state index in [0.717, 1.165) is 11.4 Å². The second-order valence-electron chi connectivity index (χ2n) is 6.72. The van der Waals surface area contributed by atoms with Gasteiger partial charge >= 0.3 is 0 Å². The number of sulfonamides is 1. The number of amides is 1. The zero-order valence-corrected chi connectivity index (χ0v) is 19.0. The Morgan fingerprint density at radius 3 is 2.31 bits per heavy atom. The van der Waals surface area contributed by atoms with Crippen molar-refractivity contribution in [1.82, 2.24) is 19.3 Å². The molecule has 0 spiro atoms. The Morgan fingerprint density at radius 1 is 1.06 bits per heavy atom. The molecular formula is C21H26N6O4S. The molecule has 2 N–H and O–H groups in total. The first-order valence-electron chi connectivity index (χ1n) is 10.1. The van der Waals surface area contributed by atoms with Crippen LogP contribution in [0.25, 0.3) is 5.69 Å². The lowest BCUT2D eigenvalue weighted by atomic mass is 10.2. The van der Waals surface area contributed by atoms with Crippen molar-refractivity contribution in [2.24, 2.45) is 0 Å². The summed E-state index contributed by atoms with van der Waals surface area (Å²) in [6.07, 6.45) is 3.18. The van der Waals surface area contributed by atoms with Gasteiger partial charge in [-0.15, -0.1) is 0 Å². The van der Waals surface area contributed by atoms with Crippen LogP contribution in [0.5, 0.6) is 5.75 Å². The standard InChI is InChI=1S/C21H26N6O4S/c1-4-26(5-2)32(29,30)18-10-11-20(31-3)19(14-18)25-21(28)15-22-16-6-8-17(9-7-16)27-23-12-13-24-27/h6-14,22H,4-5,15H2,1-3H3,(H,25,28). The van der Waals surface area contributed by atoms with Crippen molar-refractivity contribution in [2.75, 3.05) is 37.4 Å². The number of ether oxygens (including phenoxy) is 1. The Balaban J connectivity index is 1.68. The molecule has 1 aromatic heterocycles. The maximum Gasteiger partial charge on any atom is 0.243 e. The van der Waals surface area contributed by atoms with Crippen LogP contribution >= 0.6 is 0 Å². The fraction of sp³-hybridized carbons (Fsp3) is 0.286. The molecule has 1 amide bonds. The van der Waals surface area contributed by atoms with Crippen molar-refractivity contribution in [2.45, 2.75) is 18.7 Å². The van der Waals surface area contributed by atoms with Gasteiger partial charge in [0.05, 0.1) is 42.3 Å². The lowest BCUT2D eigenvalue weighted by molar-refractivity contribution is -0.114. The molecule has 0 aliphatic rings. The fourth-order valence-corrected chi connectivity index (χ4v) is 4.58. The predicted molar refractivity (Wildman–Crippen MR) is 122 cm³/mol. The number of carbonyl (C=O) groups excluding carboxylic acids is 1. The van der Waals surface area contributed by atoms with Crippen LogP contribution in [0, 0.1) is 0 Å². The van der Waals surface area contributed by atoms with E-state index < -0.39 is 10.0 Å². The summed E-state index contributed by atoms with van der Waals surface area (Å²) in [6.45, 7) is 4.24. The number of hydrogen-bond acceptors (Lipinski definition) is 7. The van der Waals surface area contributed by atoms with Crippen LogP contribution in [-0.2, 0) is 14.8 Å². The van der Waals surface area contributed by atoms with Crippen molar-refractivity contribution >= 4 is 27.3 Å². The molecule has 0 aliphatic carbocycles. The predicted octanol–water partition coefficient (Wildman–Crippen LogP) is 2.36. The van der Waals surface area contributed by atoms with Gasteiger partial charge in [-0.25, -0.2) is 8.42 Å². The van der Waals surface area contributed by atoms with Crippen LogP contribution in [0.15, 0.2) is 59.8 Å². The molecule has 1 heterocycles. The molecular weight excluding hydrogens is 432 g/mol. The molecule has 10 nitrogen and oxygen atoms in total. The van der Waals surface area contributed by atoms with Gasteiger partial charge in [-0.05, 0) is 42.5 Å². The van der Waals surface area contributed by atoms with Gasteiger partial charge in [0.25, 0.3) is 0 Å². The summed E-state index contributed by atoms with van der Waals surface area (Å²) in [6, 6.07) is 11.7. The van der Waals surface area contributed by atoms with Gasteiger partial charge in [-0.3, -0.25) is 4.79 Å². The molecule has 2 aromatic carbocycles. The molecule has 0 unspecified atom stereocenters. The second-order valence-corrected chi connectivity index (χ2v) is 8.66. The van der Waals surface area contributed by atoms with Crippen molar-refractivity contribution in [1.29, 1.82) is 0 Å². The Morgan fingerprint density at radius 2 is 1.72 bits per heavy atom. The van der Waals surface area contributed by atoms with Gasteiger partial charge in [0, 0.05) is 18.8 Å². The quantitative estimate of drug-likeness (QED) is 0.479. The van der Waals surface area contributed by atoms with Crippen molar-refractivity contribution < 1.29 is 17.9 Å². The smallest absolute Gasteiger partial charge is 0.243 e. The van der Waals surface area contributed by atoms with E-state index in [4.69, 9.17) is 4.74 Å². The van der Waals surface area contributed by atoms with Crippen LogP contribution < -0.4 is 15.4 Å². The molecule has 0 aliphatic heterocycles. The van der Waals surface area contributed by atoms with E-state index in [1.807, 2.05) is 24.3 Å². The topological polar surface area (TPSA) is 118 Å². The van der Waals surface area contributed by atoms with E-state index in [9.17, 15) is 13.2 Å². The van der Waals surface area contributed by atoms with Gasteiger partial charge < -0.3 is 15.4 Å². The highest BCUT2D eigenvalue weighted by Gasteiger charge is 2.23. The van der Waals surface area contributed by atoms with Gasteiger partial charge in [-0.1, -0.05) is 13.8 Å². The van der Waals surface area contributed by atoms with Crippen LogP contribution in [0.3, 0.4) is 0 Å². The third-order valence-electron chi connectivity index (χ3n) is 4.76. The Bertz CT molecular complexity index is 1140. The number of methoxy groups -OCH3 is 1. The second kappa shape index (κ2) is 10.2. The van der Waals surface area contributed by atoms with Gasteiger partial charge in [0.2, 0.25) is 15.9 Å². The highest BCUT2D eigenvalue weighted by molar-refractivity contribution is 7.89. The number of aromatic nitrogens is 3. The lowest BCUT2D eigenvalue weighted by Crippen LogP contribution is -2.30. The summed E-state index contributed by atoms with van der Waals surface area (Å²) in [4.78, 5) is 14.1. The number of anilines is 2. The van der Waals surface area contributed by atoms with Crippen molar-refractivity contribution in [3.8, 4) is 11.4 Å². The maximum absolute atomic E-state index is 12.8. The SMILES string of the molecule is CCN(CC)S(=O)(=O)c1ccc(OC)c(NC(=O)CNc2ccc(-n3nccn3)cc2)c1. The van der Waals surface area contributed by atoms with E-state index in [1.54, 1.807) is 26.2 Å². The van der Waals surface area contributed by atoms with Gasteiger partial charge in [0.15, 0.2) is 0 Å². The Hall–Kier alpha value is -3.44. The summed E-state index contributed by atoms with van der Waals surface area (Å²) in [7, 11) is -2.21. The zero-order chi connectivity index (χ0) is 23.1. The summed E-state index contributed by atoms with van der Waals surface area (Å²) in [5, 5.41) is 13.9. The first-order valence-corrected chi connectivity index (χ1v) is 11.5. The molecule has 170 valence electrons. The monoisotopic (exact) mass is 458 g/mol. The summed E-state index contributed by atoms with van der Waals surface area (Å²) in [5.41, 5.74) is 1.81. The van der Waals surface area contributed by atoms with Crippen LogP contribution in [0.2, 0.25) is 0 Å². The Labute approximate surface area is 187 Å². The number of benzene rings is 2. The first kappa shape index (κ1) is 23.2. The van der Waals surface area contributed by atoms with Crippen LogP contribution in [-0.4, -0.2) is 60.4 Å². The van der Waals surface area contributed by atoms with Gasteiger partial charge in [0.1, 0.15) is 5.75 Å². The maximum atomic E-state index is 12.8. The largest absolute Gasteiger partial charge is 0.495 e. The molecule has 0 fully saturated rings. The minimum atomic E-state index is -3.66. The molecule has 0 atom stereocenters. The normalized spacial score (nSPS) is 11.4. The van der Waals surface area contributed by atoms with E-state index >= 15 is 0 Å². The van der Waals surface area contributed by atoms with E-state index in [1.165, 1.54) is 34.4 Å². The molecule has 32 heavy (non-hydrogen) atoms. The first-order chi connectivity index (χ1) is 15.4. The van der Waals surface area contributed by atoms with E-state index in [0.29, 0.717) is 18.8 Å².